The zero-order chi connectivity index (χ0) is 12.3. The van der Waals surface area contributed by atoms with Gasteiger partial charge in [0.25, 0.3) is 0 Å². The van der Waals surface area contributed by atoms with Gasteiger partial charge in [0.1, 0.15) is 0 Å². The van der Waals surface area contributed by atoms with Crippen LogP contribution in [-0.2, 0) is 14.8 Å². The fourth-order valence-electron chi connectivity index (χ4n) is 0.961. The van der Waals surface area contributed by atoms with Crippen LogP contribution >= 0.6 is 23.2 Å². The van der Waals surface area contributed by atoms with Gasteiger partial charge in [-0.2, -0.15) is 4.72 Å². The Morgan fingerprint density at radius 3 is 2.25 bits per heavy atom. The molecule has 0 saturated carbocycles. The molecule has 0 spiro atoms. The van der Waals surface area contributed by atoms with Crippen LogP contribution in [0.3, 0.4) is 0 Å². The highest BCUT2D eigenvalue weighted by molar-refractivity contribution is 7.89. The zero-order valence-electron chi connectivity index (χ0n) is 8.28. The van der Waals surface area contributed by atoms with E-state index in [2.05, 4.69) is 4.72 Å². The second kappa shape index (κ2) is 5.14. The highest BCUT2D eigenvalue weighted by Gasteiger charge is 2.20. The average molecular weight is 282 g/mol. The smallest absolute Gasteiger partial charge is 0.241 e. The predicted molar refractivity (Wildman–Crippen MR) is 62.1 cm³/mol. The van der Waals surface area contributed by atoms with E-state index in [0.29, 0.717) is 5.02 Å². The number of carbonyl (C=O) groups excluding carboxylic acids is 1. The summed E-state index contributed by atoms with van der Waals surface area (Å²) in [5, 5.41) is -0.335. The summed E-state index contributed by atoms with van der Waals surface area (Å²) in [5.41, 5.74) is 0. The minimum absolute atomic E-state index is 0.0293. The van der Waals surface area contributed by atoms with Gasteiger partial charge in [-0.1, -0.05) is 11.6 Å². The summed E-state index contributed by atoms with van der Waals surface area (Å²) in [7, 11) is -3.74. The molecule has 0 aromatic heterocycles. The molecule has 1 atom stereocenters. The summed E-state index contributed by atoms with van der Waals surface area (Å²) in [4.78, 5) is 10.8. The second-order valence-corrected chi connectivity index (χ2v) is 5.62. The molecule has 0 aliphatic heterocycles. The molecule has 0 radical (unpaired) electrons. The third-order valence-corrected chi connectivity index (χ3v) is 3.93. The molecule has 1 rings (SSSR count). The fourth-order valence-corrected chi connectivity index (χ4v) is 2.41. The second-order valence-electron chi connectivity index (χ2n) is 3.10. The number of nitrogens with one attached hydrogen (secondary N) is 1. The molecule has 0 fully saturated rings. The van der Waals surface area contributed by atoms with Crippen LogP contribution in [0.25, 0.3) is 0 Å². The van der Waals surface area contributed by atoms with Crippen molar-refractivity contribution in [3.8, 4) is 0 Å². The van der Waals surface area contributed by atoms with E-state index in [4.69, 9.17) is 23.2 Å². The van der Waals surface area contributed by atoms with Crippen molar-refractivity contribution in [1.29, 1.82) is 0 Å². The van der Waals surface area contributed by atoms with Gasteiger partial charge in [0, 0.05) is 5.02 Å². The van der Waals surface area contributed by atoms with Gasteiger partial charge in [0.15, 0.2) is 0 Å². The molecule has 1 aromatic carbocycles. The van der Waals surface area contributed by atoms with E-state index in [1.165, 1.54) is 31.2 Å². The molecular weight excluding hydrogens is 273 g/mol. The van der Waals surface area contributed by atoms with Gasteiger partial charge in [0.2, 0.25) is 15.3 Å². The standard InChI is InChI=1S/C9H9Cl2NO3S/c1-6(9(11)13)12-16(14,15)8-4-2-7(10)3-5-8/h2-6,12H,1H3/t6-/m0/s1. The summed E-state index contributed by atoms with van der Waals surface area (Å²) >= 11 is 10.8. The Labute approximate surface area is 104 Å². The maximum Gasteiger partial charge on any atom is 0.241 e. The van der Waals surface area contributed by atoms with E-state index in [0.717, 1.165) is 0 Å². The summed E-state index contributed by atoms with van der Waals surface area (Å²) in [5.74, 6) is 0. The summed E-state index contributed by atoms with van der Waals surface area (Å²) in [6.45, 7) is 1.36. The molecule has 4 nitrogen and oxygen atoms in total. The van der Waals surface area contributed by atoms with Crippen molar-refractivity contribution in [3.05, 3.63) is 29.3 Å². The highest BCUT2D eigenvalue weighted by atomic mass is 35.5. The van der Waals surface area contributed by atoms with Crippen molar-refractivity contribution in [3.63, 3.8) is 0 Å². The number of hydrogen-bond acceptors (Lipinski definition) is 3. The van der Waals surface area contributed by atoms with Gasteiger partial charge in [-0.3, -0.25) is 4.79 Å². The fraction of sp³-hybridized carbons (Fsp3) is 0.222. The lowest BCUT2D eigenvalue weighted by atomic mass is 10.4. The molecule has 0 aliphatic rings. The molecule has 0 amide bonds. The van der Waals surface area contributed by atoms with Crippen LogP contribution in [0.4, 0.5) is 0 Å². The molecule has 1 N–H and O–H groups in total. The van der Waals surface area contributed by atoms with Crippen molar-refractivity contribution in [1.82, 2.24) is 4.72 Å². The van der Waals surface area contributed by atoms with E-state index in [1.54, 1.807) is 0 Å². The number of sulfonamides is 1. The Hall–Kier alpha value is -0.620. The van der Waals surface area contributed by atoms with Crippen LogP contribution in [0.15, 0.2) is 29.2 Å². The van der Waals surface area contributed by atoms with Crippen LogP contribution in [0.1, 0.15) is 6.92 Å². The molecule has 0 aliphatic carbocycles. The molecule has 88 valence electrons. The van der Waals surface area contributed by atoms with Crippen LogP contribution in [0.2, 0.25) is 5.02 Å². The first-order valence-corrected chi connectivity index (χ1v) is 6.54. The average Bonchev–Trinajstić information content (AvgIpc) is 2.17. The Morgan fingerprint density at radius 1 is 1.31 bits per heavy atom. The molecule has 0 bridgehead atoms. The summed E-state index contributed by atoms with van der Waals surface area (Å²) in [6.07, 6.45) is 0. The van der Waals surface area contributed by atoms with Crippen molar-refractivity contribution >= 4 is 38.5 Å². The van der Waals surface area contributed by atoms with Gasteiger partial charge < -0.3 is 0 Å². The van der Waals surface area contributed by atoms with Crippen LogP contribution in [0.5, 0.6) is 0 Å². The van der Waals surface area contributed by atoms with Gasteiger partial charge in [-0.05, 0) is 42.8 Å². The number of benzene rings is 1. The quantitative estimate of drug-likeness (QED) is 0.856. The van der Waals surface area contributed by atoms with Crippen LogP contribution in [-0.4, -0.2) is 19.7 Å². The Morgan fingerprint density at radius 2 is 1.81 bits per heavy atom. The van der Waals surface area contributed by atoms with E-state index in [9.17, 15) is 13.2 Å². The molecule has 1 aromatic rings. The maximum absolute atomic E-state index is 11.7. The molecule has 7 heteroatoms. The number of halogens is 2. The minimum Gasteiger partial charge on any atom is -0.279 e. The normalized spacial score (nSPS) is 13.4. The topological polar surface area (TPSA) is 63.2 Å². The SMILES string of the molecule is C[C@H](NS(=O)(=O)c1ccc(Cl)cc1)C(=O)Cl. The van der Waals surface area contributed by atoms with Gasteiger partial charge in [0.05, 0.1) is 10.9 Å². The van der Waals surface area contributed by atoms with Crippen molar-refractivity contribution < 1.29 is 13.2 Å². The van der Waals surface area contributed by atoms with E-state index in [1.807, 2.05) is 0 Å². The van der Waals surface area contributed by atoms with Gasteiger partial charge in [-0.25, -0.2) is 8.42 Å². The molecule has 0 heterocycles. The number of hydrogen-bond donors (Lipinski definition) is 1. The highest BCUT2D eigenvalue weighted by Crippen LogP contribution is 2.14. The van der Waals surface area contributed by atoms with Crippen LogP contribution in [0, 0.1) is 0 Å². The molecular formula is C9H9Cl2NO3S. The van der Waals surface area contributed by atoms with E-state index < -0.39 is 21.3 Å². The lowest BCUT2D eigenvalue weighted by Gasteiger charge is -2.10. The maximum atomic E-state index is 11.7. The first kappa shape index (κ1) is 13.4. The minimum atomic E-state index is -3.74. The largest absolute Gasteiger partial charge is 0.279 e. The lowest BCUT2D eigenvalue weighted by molar-refractivity contribution is -0.112. The summed E-state index contributed by atoms with van der Waals surface area (Å²) in [6, 6.07) is 4.61. The van der Waals surface area contributed by atoms with Gasteiger partial charge >= 0.3 is 0 Å². The monoisotopic (exact) mass is 281 g/mol. The number of rotatable bonds is 4. The van der Waals surface area contributed by atoms with Crippen molar-refractivity contribution in [2.75, 3.05) is 0 Å². The lowest BCUT2D eigenvalue weighted by Crippen LogP contribution is -2.36. The first-order chi connectivity index (χ1) is 7.33. The zero-order valence-corrected chi connectivity index (χ0v) is 10.6. The molecule has 16 heavy (non-hydrogen) atoms. The van der Waals surface area contributed by atoms with Gasteiger partial charge in [-0.15, -0.1) is 0 Å². The van der Waals surface area contributed by atoms with Crippen molar-refractivity contribution in [2.24, 2.45) is 0 Å². The molecule has 0 unspecified atom stereocenters. The third kappa shape index (κ3) is 3.45. The van der Waals surface area contributed by atoms with E-state index >= 15 is 0 Å². The van der Waals surface area contributed by atoms with E-state index in [-0.39, 0.29) is 4.90 Å². The van der Waals surface area contributed by atoms with Crippen LogP contribution < -0.4 is 4.72 Å². The third-order valence-electron chi connectivity index (χ3n) is 1.80. The Balaban J connectivity index is 2.94. The van der Waals surface area contributed by atoms with Crippen molar-refractivity contribution in [2.45, 2.75) is 17.9 Å². The Bertz CT molecular complexity index is 484. The number of carbonyl (C=O) groups is 1. The predicted octanol–water partition coefficient (Wildman–Crippen LogP) is 1.77. The first-order valence-electron chi connectivity index (χ1n) is 4.30. The summed E-state index contributed by atoms with van der Waals surface area (Å²) < 4.78 is 25.5. The Kier molecular flexibility index (Phi) is 4.32. The molecule has 0 saturated heterocycles.